The lowest BCUT2D eigenvalue weighted by molar-refractivity contribution is 0.401. The van der Waals surface area contributed by atoms with Crippen LogP contribution in [0.15, 0.2) is 18.2 Å². The van der Waals surface area contributed by atoms with E-state index in [0.29, 0.717) is 12.5 Å². The molecule has 0 aromatic heterocycles. The fourth-order valence-corrected chi connectivity index (χ4v) is 1.56. The third-order valence-electron chi connectivity index (χ3n) is 2.49. The van der Waals surface area contributed by atoms with Crippen LogP contribution in [0.1, 0.15) is 25.3 Å². The number of phenols is 2. The summed E-state index contributed by atoms with van der Waals surface area (Å²) in [5.74, 6) is 0.473. The van der Waals surface area contributed by atoms with Crippen LogP contribution in [0.4, 0.5) is 0 Å². The van der Waals surface area contributed by atoms with Gasteiger partial charge in [-0.2, -0.15) is 0 Å². The highest BCUT2D eigenvalue weighted by Gasteiger charge is 2.15. The van der Waals surface area contributed by atoms with Gasteiger partial charge in [-0.25, -0.2) is 0 Å². The van der Waals surface area contributed by atoms with Gasteiger partial charge in [0, 0.05) is 0 Å². The molecule has 0 heterocycles. The Morgan fingerprint density at radius 2 is 1.86 bits per heavy atom. The summed E-state index contributed by atoms with van der Waals surface area (Å²) >= 11 is 0. The minimum absolute atomic E-state index is 0.0819. The summed E-state index contributed by atoms with van der Waals surface area (Å²) in [6.45, 7) is 4.71. The quantitative estimate of drug-likeness (QED) is 0.644. The predicted molar refractivity (Wildman–Crippen MR) is 56.4 cm³/mol. The molecule has 0 amide bonds. The van der Waals surface area contributed by atoms with Crippen molar-refractivity contribution in [3.8, 4) is 11.5 Å². The largest absolute Gasteiger partial charge is 0.504 e. The van der Waals surface area contributed by atoms with Crippen molar-refractivity contribution in [2.75, 3.05) is 6.54 Å². The van der Waals surface area contributed by atoms with Crippen molar-refractivity contribution in [3.63, 3.8) is 0 Å². The molecule has 1 aromatic rings. The molecule has 0 aliphatic carbocycles. The van der Waals surface area contributed by atoms with Crippen molar-refractivity contribution in [2.24, 2.45) is 11.7 Å². The van der Waals surface area contributed by atoms with Crippen molar-refractivity contribution < 1.29 is 10.2 Å². The van der Waals surface area contributed by atoms with Crippen LogP contribution < -0.4 is 5.73 Å². The highest BCUT2D eigenvalue weighted by Crippen LogP contribution is 2.31. The number of benzene rings is 1. The molecule has 0 saturated heterocycles. The summed E-state index contributed by atoms with van der Waals surface area (Å²) < 4.78 is 0. The Labute approximate surface area is 84.2 Å². The monoisotopic (exact) mass is 195 g/mol. The van der Waals surface area contributed by atoms with E-state index >= 15 is 0 Å². The van der Waals surface area contributed by atoms with Gasteiger partial charge in [0.05, 0.1) is 0 Å². The van der Waals surface area contributed by atoms with Crippen LogP contribution in [0.5, 0.6) is 11.5 Å². The molecule has 78 valence electrons. The Balaban J connectivity index is 3.00. The fraction of sp³-hybridized carbons (Fsp3) is 0.455. The molecule has 4 N–H and O–H groups in total. The molecular formula is C11H17NO2. The lowest BCUT2D eigenvalue weighted by atomic mass is 9.88. The number of phenolic OH excluding ortho intramolecular Hbond substituents is 2. The first kappa shape index (κ1) is 10.9. The molecule has 0 aliphatic rings. The molecule has 3 heteroatoms. The molecule has 0 radical (unpaired) electrons. The normalized spacial score (nSPS) is 13.1. The second-order valence-corrected chi connectivity index (χ2v) is 3.83. The molecule has 1 atom stereocenters. The highest BCUT2D eigenvalue weighted by atomic mass is 16.3. The molecular weight excluding hydrogens is 178 g/mol. The van der Waals surface area contributed by atoms with Crippen LogP contribution in [0, 0.1) is 5.92 Å². The SMILES string of the molecule is CC(C)C(CN)c1ccc(O)c(O)c1. The van der Waals surface area contributed by atoms with E-state index in [-0.39, 0.29) is 17.4 Å². The van der Waals surface area contributed by atoms with Crippen molar-refractivity contribution in [2.45, 2.75) is 19.8 Å². The van der Waals surface area contributed by atoms with E-state index in [1.54, 1.807) is 12.1 Å². The number of rotatable bonds is 3. The lowest BCUT2D eigenvalue weighted by Crippen LogP contribution is -2.17. The zero-order valence-electron chi connectivity index (χ0n) is 8.57. The van der Waals surface area contributed by atoms with Gasteiger partial charge >= 0.3 is 0 Å². The Morgan fingerprint density at radius 3 is 2.29 bits per heavy atom. The van der Waals surface area contributed by atoms with Gasteiger partial charge in [0.2, 0.25) is 0 Å². The maximum Gasteiger partial charge on any atom is 0.157 e. The maximum absolute atomic E-state index is 9.34. The van der Waals surface area contributed by atoms with Gasteiger partial charge < -0.3 is 15.9 Å². The molecule has 0 spiro atoms. The molecule has 0 aliphatic heterocycles. The van der Waals surface area contributed by atoms with Gasteiger partial charge in [-0.3, -0.25) is 0 Å². The lowest BCUT2D eigenvalue weighted by Gasteiger charge is -2.19. The Hall–Kier alpha value is -1.22. The van der Waals surface area contributed by atoms with E-state index in [4.69, 9.17) is 10.8 Å². The molecule has 14 heavy (non-hydrogen) atoms. The van der Waals surface area contributed by atoms with E-state index in [1.807, 2.05) is 0 Å². The molecule has 3 nitrogen and oxygen atoms in total. The molecule has 1 rings (SSSR count). The second kappa shape index (κ2) is 4.33. The summed E-state index contributed by atoms with van der Waals surface area (Å²) in [6, 6.07) is 4.87. The van der Waals surface area contributed by atoms with Crippen molar-refractivity contribution in [1.29, 1.82) is 0 Å². The summed E-state index contributed by atoms with van der Waals surface area (Å²) in [4.78, 5) is 0. The first-order valence-electron chi connectivity index (χ1n) is 4.78. The fourth-order valence-electron chi connectivity index (χ4n) is 1.56. The minimum Gasteiger partial charge on any atom is -0.504 e. The smallest absolute Gasteiger partial charge is 0.157 e. The van der Waals surface area contributed by atoms with Crippen LogP contribution in [0.3, 0.4) is 0 Å². The number of hydrogen-bond donors (Lipinski definition) is 3. The number of hydrogen-bond acceptors (Lipinski definition) is 3. The Kier molecular flexibility index (Phi) is 3.36. The molecule has 0 fully saturated rings. The van der Waals surface area contributed by atoms with Crippen LogP contribution in [-0.4, -0.2) is 16.8 Å². The average Bonchev–Trinajstić information content (AvgIpc) is 2.11. The van der Waals surface area contributed by atoms with Crippen molar-refractivity contribution >= 4 is 0 Å². The van der Waals surface area contributed by atoms with Gasteiger partial charge in [0.25, 0.3) is 0 Å². The van der Waals surface area contributed by atoms with E-state index in [1.165, 1.54) is 6.07 Å². The molecule has 0 bridgehead atoms. The van der Waals surface area contributed by atoms with E-state index in [9.17, 15) is 5.11 Å². The average molecular weight is 195 g/mol. The highest BCUT2D eigenvalue weighted by molar-refractivity contribution is 5.41. The van der Waals surface area contributed by atoms with Crippen LogP contribution in [-0.2, 0) is 0 Å². The summed E-state index contributed by atoms with van der Waals surface area (Å²) in [5, 5.41) is 18.5. The zero-order valence-corrected chi connectivity index (χ0v) is 8.57. The number of aromatic hydroxyl groups is 2. The zero-order chi connectivity index (χ0) is 10.7. The Bertz CT molecular complexity index is 310. The van der Waals surface area contributed by atoms with Gasteiger partial charge in [-0.15, -0.1) is 0 Å². The van der Waals surface area contributed by atoms with Crippen LogP contribution in [0.25, 0.3) is 0 Å². The first-order chi connectivity index (χ1) is 6.56. The summed E-state index contributed by atoms with van der Waals surface area (Å²) in [7, 11) is 0. The van der Waals surface area contributed by atoms with E-state index < -0.39 is 0 Å². The predicted octanol–water partition coefficient (Wildman–Crippen LogP) is 1.80. The van der Waals surface area contributed by atoms with Crippen LogP contribution >= 0.6 is 0 Å². The molecule has 0 saturated carbocycles. The van der Waals surface area contributed by atoms with Crippen molar-refractivity contribution in [3.05, 3.63) is 23.8 Å². The van der Waals surface area contributed by atoms with Gasteiger partial charge in [0.15, 0.2) is 11.5 Å². The third kappa shape index (κ3) is 2.17. The number of nitrogens with two attached hydrogens (primary N) is 1. The van der Waals surface area contributed by atoms with Gasteiger partial charge in [-0.05, 0) is 36.1 Å². The minimum atomic E-state index is -0.0896. The second-order valence-electron chi connectivity index (χ2n) is 3.83. The first-order valence-corrected chi connectivity index (χ1v) is 4.78. The Morgan fingerprint density at radius 1 is 1.21 bits per heavy atom. The topological polar surface area (TPSA) is 66.5 Å². The van der Waals surface area contributed by atoms with Gasteiger partial charge in [0.1, 0.15) is 0 Å². The van der Waals surface area contributed by atoms with Crippen LogP contribution in [0.2, 0.25) is 0 Å². The maximum atomic E-state index is 9.34. The van der Waals surface area contributed by atoms with E-state index in [0.717, 1.165) is 5.56 Å². The summed E-state index contributed by atoms with van der Waals surface area (Å²) in [6.07, 6.45) is 0. The standard InChI is InChI=1S/C11H17NO2/c1-7(2)9(6-12)8-3-4-10(13)11(14)5-8/h3-5,7,9,13-14H,6,12H2,1-2H3. The van der Waals surface area contributed by atoms with E-state index in [2.05, 4.69) is 13.8 Å². The van der Waals surface area contributed by atoms with Crippen molar-refractivity contribution in [1.82, 2.24) is 0 Å². The molecule has 1 aromatic carbocycles. The summed E-state index contributed by atoms with van der Waals surface area (Å²) in [5.41, 5.74) is 6.62. The van der Waals surface area contributed by atoms with Gasteiger partial charge in [-0.1, -0.05) is 19.9 Å². The molecule has 1 unspecified atom stereocenters. The third-order valence-corrected chi connectivity index (χ3v) is 2.49.